The van der Waals surface area contributed by atoms with Gasteiger partial charge in [0, 0.05) is 12.2 Å². The average molecular weight is 225 g/mol. The fraction of sp³-hybridized carbons (Fsp3) is 0.583. The molecule has 2 nitrogen and oxygen atoms in total. The van der Waals surface area contributed by atoms with Gasteiger partial charge in [0.2, 0.25) is 0 Å². The molecule has 0 amide bonds. The van der Waals surface area contributed by atoms with Crippen LogP contribution < -0.4 is 5.32 Å². The molecule has 1 aliphatic rings. The lowest BCUT2D eigenvalue weighted by Crippen LogP contribution is -2.28. The highest BCUT2D eigenvalue weighted by Gasteiger charge is 2.25. The first-order chi connectivity index (χ1) is 7.25. The lowest BCUT2D eigenvalue weighted by Gasteiger charge is -2.29. The van der Waals surface area contributed by atoms with E-state index in [1.54, 1.807) is 0 Å². The Balaban J connectivity index is 1.81. The van der Waals surface area contributed by atoms with Crippen molar-refractivity contribution < 1.29 is 0 Å². The van der Waals surface area contributed by atoms with Crippen molar-refractivity contribution in [1.29, 1.82) is 0 Å². The van der Waals surface area contributed by atoms with E-state index in [2.05, 4.69) is 10.3 Å². The van der Waals surface area contributed by atoms with Crippen molar-refractivity contribution in [3.05, 3.63) is 23.9 Å². The first kappa shape index (κ1) is 10.7. The van der Waals surface area contributed by atoms with Crippen LogP contribution in [0.25, 0.3) is 0 Å². The first-order valence-corrected chi connectivity index (χ1v) is 6.01. The Kier molecular flexibility index (Phi) is 3.47. The number of alkyl halides is 1. The lowest BCUT2D eigenvalue weighted by molar-refractivity contribution is 0.308. The molecule has 2 rings (SSSR count). The van der Waals surface area contributed by atoms with Crippen molar-refractivity contribution in [1.82, 2.24) is 4.98 Å². The maximum atomic E-state index is 6.28. The third kappa shape index (κ3) is 2.85. The zero-order valence-electron chi connectivity index (χ0n) is 9.04. The third-order valence-electron chi connectivity index (χ3n) is 3.03. The maximum Gasteiger partial charge on any atom is 0.126 e. The number of nitrogens with zero attached hydrogens (tertiary/aromatic N) is 1. The van der Waals surface area contributed by atoms with Gasteiger partial charge in [-0.1, -0.05) is 12.5 Å². The minimum Gasteiger partial charge on any atom is -0.369 e. The number of aryl methyl sites for hydroxylation is 1. The molecule has 15 heavy (non-hydrogen) atoms. The third-order valence-corrected chi connectivity index (χ3v) is 3.54. The largest absolute Gasteiger partial charge is 0.369 e. The summed E-state index contributed by atoms with van der Waals surface area (Å²) in [6.07, 6.45) is 3.92. The number of pyridine rings is 1. The molecule has 0 aliphatic heterocycles. The van der Waals surface area contributed by atoms with Crippen LogP contribution >= 0.6 is 11.6 Å². The number of anilines is 1. The van der Waals surface area contributed by atoms with E-state index in [1.807, 2.05) is 25.1 Å². The summed E-state index contributed by atoms with van der Waals surface area (Å²) in [6.45, 7) is 2.82. The minimum absolute atomic E-state index is 0.251. The van der Waals surface area contributed by atoms with Crippen LogP contribution in [-0.4, -0.2) is 16.9 Å². The molecule has 0 spiro atoms. The second kappa shape index (κ2) is 4.84. The Bertz CT molecular complexity index is 323. The van der Waals surface area contributed by atoms with Gasteiger partial charge in [0.15, 0.2) is 0 Å². The number of nitrogens with one attached hydrogen (secondary N) is 1. The number of halogens is 1. The molecular weight excluding hydrogens is 208 g/mol. The van der Waals surface area contributed by atoms with Gasteiger partial charge in [-0.15, -0.1) is 11.6 Å². The van der Waals surface area contributed by atoms with E-state index < -0.39 is 0 Å². The highest BCUT2D eigenvalue weighted by atomic mass is 35.5. The molecule has 0 bridgehead atoms. The normalized spacial score (nSPS) is 18.3. The Morgan fingerprint density at radius 2 is 2.33 bits per heavy atom. The van der Waals surface area contributed by atoms with Crippen LogP contribution in [0.1, 0.15) is 25.0 Å². The van der Waals surface area contributed by atoms with E-state index >= 15 is 0 Å². The van der Waals surface area contributed by atoms with Gasteiger partial charge in [0.25, 0.3) is 0 Å². The smallest absolute Gasteiger partial charge is 0.126 e. The van der Waals surface area contributed by atoms with Crippen LogP contribution in [0.15, 0.2) is 18.2 Å². The van der Waals surface area contributed by atoms with Crippen molar-refractivity contribution in [2.75, 3.05) is 11.9 Å². The average Bonchev–Trinajstić information content (AvgIpc) is 2.12. The Morgan fingerprint density at radius 3 is 2.93 bits per heavy atom. The second-order valence-electron chi connectivity index (χ2n) is 4.25. The van der Waals surface area contributed by atoms with Gasteiger partial charge in [0.05, 0.1) is 5.38 Å². The summed E-state index contributed by atoms with van der Waals surface area (Å²) < 4.78 is 0. The fourth-order valence-electron chi connectivity index (χ4n) is 1.81. The predicted molar refractivity (Wildman–Crippen MR) is 64.4 cm³/mol. The van der Waals surface area contributed by atoms with E-state index in [0.29, 0.717) is 5.92 Å². The summed E-state index contributed by atoms with van der Waals surface area (Å²) in [6, 6.07) is 5.99. The molecule has 1 aromatic rings. The van der Waals surface area contributed by atoms with E-state index in [1.165, 1.54) is 19.3 Å². The SMILES string of the molecule is Cc1cccc(NCC(Cl)C2CCC2)n1. The molecule has 1 saturated carbocycles. The van der Waals surface area contributed by atoms with Crippen LogP contribution in [0.3, 0.4) is 0 Å². The molecule has 0 saturated heterocycles. The van der Waals surface area contributed by atoms with Crippen LogP contribution in [0.5, 0.6) is 0 Å². The zero-order valence-corrected chi connectivity index (χ0v) is 9.80. The van der Waals surface area contributed by atoms with Crippen molar-refractivity contribution >= 4 is 17.4 Å². The number of hydrogen-bond acceptors (Lipinski definition) is 2. The number of aromatic nitrogens is 1. The van der Waals surface area contributed by atoms with Gasteiger partial charge in [-0.3, -0.25) is 0 Å². The molecular formula is C12H17ClN2. The van der Waals surface area contributed by atoms with Gasteiger partial charge >= 0.3 is 0 Å². The Hall–Kier alpha value is -0.760. The maximum absolute atomic E-state index is 6.28. The Labute approximate surface area is 96.1 Å². The topological polar surface area (TPSA) is 24.9 Å². The monoisotopic (exact) mass is 224 g/mol. The van der Waals surface area contributed by atoms with Crippen molar-refractivity contribution in [3.63, 3.8) is 0 Å². The summed E-state index contributed by atoms with van der Waals surface area (Å²) in [5, 5.41) is 3.54. The quantitative estimate of drug-likeness (QED) is 0.795. The van der Waals surface area contributed by atoms with Gasteiger partial charge in [-0.2, -0.15) is 0 Å². The first-order valence-electron chi connectivity index (χ1n) is 5.57. The van der Waals surface area contributed by atoms with E-state index in [4.69, 9.17) is 11.6 Å². The summed E-state index contributed by atoms with van der Waals surface area (Å²) in [5.74, 6) is 1.64. The molecule has 0 radical (unpaired) electrons. The highest BCUT2D eigenvalue weighted by Crippen LogP contribution is 2.32. The van der Waals surface area contributed by atoms with E-state index in [-0.39, 0.29) is 5.38 Å². The highest BCUT2D eigenvalue weighted by molar-refractivity contribution is 6.21. The molecule has 0 aromatic carbocycles. The molecule has 1 aromatic heterocycles. The Morgan fingerprint density at radius 1 is 1.53 bits per heavy atom. The van der Waals surface area contributed by atoms with Gasteiger partial charge in [0.1, 0.15) is 5.82 Å². The molecule has 82 valence electrons. The summed E-state index contributed by atoms with van der Waals surface area (Å²) in [4.78, 5) is 4.38. The van der Waals surface area contributed by atoms with Crippen molar-refractivity contribution in [2.24, 2.45) is 5.92 Å². The van der Waals surface area contributed by atoms with Crippen LogP contribution in [0.4, 0.5) is 5.82 Å². The summed E-state index contributed by atoms with van der Waals surface area (Å²) >= 11 is 6.28. The standard InChI is InChI=1S/C12H17ClN2/c1-9-4-2-7-12(15-9)14-8-11(13)10-5-3-6-10/h2,4,7,10-11H,3,5-6,8H2,1H3,(H,14,15). The lowest BCUT2D eigenvalue weighted by atomic mass is 9.83. The minimum atomic E-state index is 0.251. The molecule has 3 heteroatoms. The molecule has 1 aliphatic carbocycles. The molecule has 1 atom stereocenters. The van der Waals surface area contributed by atoms with E-state index in [0.717, 1.165) is 18.1 Å². The number of hydrogen-bond donors (Lipinski definition) is 1. The van der Waals surface area contributed by atoms with Crippen LogP contribution in [-0.2, 0) is 0 Å². The predicted octanol–water partition coefficient (Wildman–Crippen LogP) is 3.21. The second-order valence-corrected chi connectivity index (χ2v) is 4.81. The summed E-state index contributed by atoms with van der Waals surface area (Å²) in [5.41, 5.74) is 1.04. The zero-order chi connectivity index (χ0) is 10.7. The van der Waals surface area contributed by atoms with Gasteiger partial charge in [-0.25, -0.2) is 4.98 Å². The summed E-state index contributed by atoms with van der Waals surface area (Å²) in [7, 11) is 0. The van der Waals surface area contributed by atoms with Gasteiger partial charge < -0.3 is 5.32 Å². The number of rotatable bonds is 4. The molecule has 1 heterocycles. The molecule has 1 fully saturated rings. The van der Waals surface area contributed by atoms with Crippen molar-refractivity contribution in [2.45, 2.75) is 31.6 Å². The van der Waals surface area contributed by atoms with Gasteiger partial charge in [-0.05, 0) is 37.8 Å². The molecule has 1 unspecified atom stereocenters. The van der Waals surface area contributed by atoms with Crippen LogP contribution in [0.2, 0.25) is 0 Å². The van der Waals surface area contributed by atoms with Crippen LogP contribution in [0, 0.1) is 12.8 Å². The fourth-order valence-corrected chi connectivity index (χ4v) is 2.14. The molecule has 1 N–H and O–H groups in total. The van der Waals surface area contributed by atoms with E-state index in [9.17, 15) is 0 Å². The van der Waals surface area contributed by atoms with Crippen molar-refractivity contribution in [3.8, 4) is 0 Å².